The zero-order valence-electron chi connectivity index (χ0n) is 10.7. The molecule has 0 spiro atoms. The molecule has 0 unspecified atom stereocenters. The Kier molecular flexibility index (Phi) is 4.58. The Morgan fingerprint density at radius 2 is 2.21 bits per heavy atom. The van der Waals surface area contributed by atoms with E-state index in [1.165, 1.54) is 0 Å². The molecule has 1 heterocycles. The largest absolute Gasteiger partial charge is 0.338 e. The first-order valence-electron chi connectivity index (χ1n) is 6.30. The van der Waals surface area contributed by atoms with Crippen LogP contribution in [0.15, 0.2) is 30.5 Å². The zero-order valence-corrected chi connectivity index (χ0v) is 11.5. The van der Waals surface area contributed by atoms with Gasteiger partial charge in [-0.05, 0) is 30.7 Å². The normalized spacial score (nSPS) is 10.4. The van der Waals surface area contributed by atoms with Gasteiger partial charge in [-0.15, -0.1) is 0 Å². The van der Waals surface area contributed by atoms with E-state index >= 15 is 0 Å². The fourth-order valence-corrected chi connectivity index (χ4v) is 2.00. The van der Waals surface area contributed by atoms with Gasteiger partial charge in [0.1, 0.15) is 0 Å². The highest BCUT2D eigenvalue weighted by Gasteiger charge is 2.08. The lowest BCUT2D eigenvalue weighted by Crippen LogP contribution is -2.29. The van der Waals surface area contributed by atoms with Crippen molar-refractivity contribution < 1.29 is 4.79 Å². The number of carbonyl (C=O) groups is 1. The topological polar surface area (TPSA) is 54.0 Å². The van der Waals surface area contributed by atoms with E-state index in [0.29, 0.717) is 22.8 Å². The van der Waals surface area contributed by atoms with Crippen LogP contribution in [0.2, 0.25) is 5.02 Å². The second-order valence-corrected chi connectivity index (χ2v) is 4.64. The molecule has 0 saturated heterocycles. The summed E-state index contributed by atoms with van der Waals surface area (Å²) in [5, 5.41) is 7.05. The lowest BCUT2D eigenvalue weighted by Gasteiger charge is -2.10. The number of hydrogen-bond donors (Lipinski definition) is 2. The third-order valence-electron chi connectivity index (χ3n) is 2.78. The quantitative estimate of drug-likeness (QED) is 0.835. The average Bonchev–Trinajstić information content (AvgIpc) is 2.43. The van der Waals surface area contributed by atoms with Gasteiger partial charge in [0.15, 0.2) is 0 Å². The van der Waals surface area contributed by atoms with Crippen LogP contribution in [-0.4, -0.2) is 17.6 Å². The van der Waals surface area contributed by atoms with Gasteiger partial charge in [0.2, 0.25) is 0 Å². The van der Waals surface area contributed by atoms with Crippen LogP contribution in [-0.2, 0) is 0 Å². The molecule has 2 amide bonds. The van der Waals surface area contributed by atoms with Crippen molar-refractivity contribution in [1.82, 2.24) is 10.3 Å². The minimum Gasteiger partial charge on any atom is -0.338 e. The number of benzene rings is 1. The predicted octanol–water partition coefficient (Wildman–Crippen LogP) is 3.81. The molecule has 0 saturated carbocycles. The summed E-state index contributed by atoms with van der Waals surface area (Å²) in [7, 11) is 0. The first-order valence-corrected chi connectivity index (χ1v) is 6.68. The van der Waals surface area contributed by atoms with Crippen molar-refractivity contribution in [3.63, 3.8) is 0 Å². The number of aromatic nitrogens is 1. The van der Waals surface area contributed by atoms with E-state index in [4.69, 9.17) is 11.6 Å². The summed E-state index contributed by atoms with van der Waals surface area (Å²) in [6.45, 7) is 2.75. The standard InChI is InChI=1S/C14H16ClN3O/c1-2-3-8-17-14(19)18-12-7-6-11(15)10-5-4-9-16-13(10)12/h4-7,9H,2-3,8H2,1H3,(H2,17,18,19). The Balaban J connectivity index is 2.17. The number of carbonyl (C=O) groups excluding carboxylic acids is 1. The van der Waals surface area contributed by atoms with Crippen LogP contribution < -0.4 is 10.6 Å². The first kappa shape index (κ1) is 13.6. The zero-order chi connectivity index (χ0) is 13.7. The molecule has 100 valence electrons. The molecule has 2 aromatic rings. The molecule has 0 aliphatic carbocycles. The molecular weight excluding hydrogens is 262 g/mol. The maximum atomic E-state index is 11.7. The van der Waals surface area contributed by atoms with E-state index < -0.39 is 0 Å². The summed E-state index contributed by atoms with van der Waals surface area (Å²) < 4.78 is 0. The molecule has 1 aromatic carbocycles. The Bertz CT molecular complexity index is 586. The van der Waals surface area contributed by atoms with Crippen molar-refractivity contribution in [1.29, 1.82) is 0 Å². The number of nitrogens with one attached hydrogen (secondary N) is 2. The average molecular weight is 278 g/mol. The number of fused-ring (bicyclic) bond motifs is 1. The molecule has 5 heteroatoms. The van der Waals surface area contributed by atoms with Gasteiger partial charge in [-0.1, -0.05) is 24.9 Å². The molecule has 0 atom stereocenters. The summed E-state index contributed by atoms with van der Waals surface area (Å²) in [5.41, 5.74) is 1.36. The van der Waals surface area contributed by atoms with Crippen LogP contribution in [0.5, 0.6) is 0 Å². The molecule has 0 aliphatic heterocycles. The highest BCUT2D eigenvalue weighted by molar-refractivity contribution is 6.35. The Morgan fingerprint density at radius 3 is 3.00 bits per heavy atom. The lowest BCUT2D eigenvalue weighted by molar-refractivity contribution is 0.252. The van der Waals surface area contributed by atoms with Gasteiger partial charge in [0.05, 0.1) is 16.2 Å². The Labute approximate surface area is 117 Å². The third-order valence-corrected chi connectivity index (χ3v) is 3.11. The van der Waals surface area contributed by atoms with Crippen LogP contribution in [0.1, 0.15) is 19.8 Å². The number of rotatable bonds is 4. The van der Waals surface area contributed by atoms with E-state index in [9.17, 15) is 4.79 Å². The number of unbranched alkanes of at least 4 members (excludes halogenated alkanes) is 1. The van der Waals surface area contributed by atoms with Crippen molar-refractivity contribution in [2.75, 3.05) is 11.9 Å². The minimum atomic E-state index is -0.220. The second kappa shape index (κ2) is 6.38. The van der Waals surface area contributed by atoms with E-state index in [1.807, 2.05) is 12.1 Å². The Hall–Kier alpha value is -1.81. The summed E-state index contributed by atoms with van der Waals surface area (Å²) >= 11 is 6.10. The number of halogens is 1. The molecular formula is C14H16ClN3O. The molecule has 19 heavy (non-hydrogen) atoms. The fourth-order valence-electron chi connectivity index (χ4n) is 1.78. The van der Waals surface area contributed by atoms with Crippen LogP contribution in [0, 0.1) is 0 Å². The van der Waals surface area contributed by atoms with Gasteiger partial charge in [-0.25, -0.2) is 4.79 Å². The summed E-state index contributed by atoms with van der Waals surface area (Å²) in [5.74, 6) is 0. The van der Waals surface area contributed by atoms with E-state index in [0.717, 1.165) is 18.2 Å². The summed E-state index contributed by atoms with van der Waals surface area (Å²) in [6, 6.07) is 7.00. The number of hydrogen-bond acceptors (Lipinski definition) is 2. The number of anilines is 1. The molecule has 0 fully saturated rings. The molecule has 1 aromatic heterocycles. The van der Waals surface area contributed by atoms with E-state index in [2.05, 4.69) is 22.5 Å². The molecule has 2 N–H and O–H groups in total. The number of nitrogens with zero attached hydrogens (tertiary/aromatic N) is 1. The SMILES string of the molecule is CCCCNC(=O)Nc1ccc(Cl)c2cccnc12. The number of urea groups is 1. The molecule has 0 aliphatic rings. The van der Waals surface area contributed by atoms with Gasteiger partial charge in [-0.2, -0.15) is 0 Å². The molecule has 4 nitrogen and oxygen atoms in total. The monoisotopic (exact) mass is 277 g/mol. The third kappa shape index (κ3) is 3.35. The van der Waals surface area contributed by atoms with Crippen LogP contribution in [0.4, 0.5) is 10.5 Å². The highest BCUT2D eigenvalue weighted by Crippen LogP contribution is 2.27. The summed E-state index contributed by atoms with van der Waals surface area (Å²) in [4.78, 5) is 16.0. The Morgan fingerprint density at radius 1 is 1.37 bits per heavy atom. The van der Waals surface area contributed by atoms with Crippen molar-refractivity contribution in [3.05, 3.63) is 35.5 Å². The van der Waals surface area contributed by atoms with Crippen molar-refractivity contribution in [3.8, 4) is 0 Å². The predicted molar refractivity (Wildman–Crippen MR) is 78.7 cm³/mol. The van der Waals surface area contributed by atoms with E-state index in [1.54, 1.807) is 18.3 Å². The van der Waals surface area contributed by atoms with Crippen LogP contribution in [0.25, 0.3) is 10.9 Å². The smallest absolute Gasteiger partial charge is 0.319 e. The maximum Gasteiger partial charge on any atom is 0.319 e. The highest BCUT2D eigenvalue weighted by atomic mass is 35.5. The van der Waals surface area contributed by atoms with Gasteiger partial charge in [0, 0.05) is 18.1 Å². The minimum absolute atomic E-state index is 0.220. The van der Waals surface area contributed by atoms with Crippen LogP contribution >= 0.6 is 11.6 Å². The first-order chi connectivity index (χ1) is 9.22. The van der Waals surface area contributed by atoms with Gasteiger partial charge in [-0.3, -0.25) is 4.98 Å². The second-order valence-electron chi connectivity index (χ2n) is 4.23. The van der Waals surface area contributed by atoms with Gasteiger partial charge >= 0.3 is 6.03 Å². The fraction of sp³-hybridized carbons (Fsp3) is 0.286. The van der Waals surface area contributed by atoms with Crippen molar-refractivity contribution in [2.24, 2.45) is 0 Å². The molecule has 0 bridgehead atoms. The van der Waals surface area contributed by atoms with E-state index in [-0.39, 0.29) is 6.03 Å². The van der Waals surface area contributed by atoms with Crippen molar-refractivity contribution >= 4 is 34.2 Å². The van der Waals surface area contributed by atoms with Crippen molar-refractivity contribution in [2.45, 2.75) is 19.8 Å². The lowest BCUT2D eigenvalue weighted by atomic mass is 10.2. The molecule has 0 radical (unpaired) electrons. The summed E-state index contributed by atoms with van der Waals surface area (Å²) in [6.07, 6.45) is 3.69. The van der Waals surface area contributed by atoms with Gasteiger partial charge in [0.25, 0.3) is 0 Å². The number of pyridine rings is 1. The number of amides is 2. The van der Waals surface area contributed by atoms with Gasteiger partial charge < -0.3 is 10.6 Å². The molecule has 2 rings (SSSR count). The maximum absolute atomic E-state index is 11.7. The van der Waals surface area contributed by atoms with Crippen LogP contribution in [0.3, 0.4) is 0 Å².